The summed E-state index contributed by atoms with van der Waals surface area (Å²) in [6, 6.07) is 4.53. The van der Waals surface area contributed by atoms with Gasteiger partial charge in [0.1, 0.15) is 0 Å². The van der Waals surface area contributed by atoms with Crippen molar-refractivity contribution in [1.82, 2.24) is 10.2 Å². The molecule has 1 saturated heterocycles. The molecule has 0 atom stereocenters. The molecule has 6 heteroatoms. The van der Waals surface area contributed by atoms with E-state index in [4.69, 9.17) is 0 Å². The lowest BCUT2D eigenvalue weighted by atomic mass is 10.0. The summed E-state index contributed by atoms with van der Waals surface area (Å²) in [6.45, 7) is 6.08. The Labute approximate surface area is 124 Å². The fourth-order valence-electron chi connectivity index (χ4n) is 2.75. The maximum atomic E-state index is 13.5. The summed E-state index contributed by atoms with van der Waals surface area (Å²) in [7, 11) is 0. The molecular weight excluding hydrogens is 273 g/mol. The molecule has 2 rings (SSSR count). The molecule has 0 unspecified atom stereocenters. The molecule has 0 radical (unpaired) electrons. The van der Waals surface area contributed by atoms with E-state index < -0.39 is 16.4 Å². The minimum Gasteiger partial charge on any atom is -0.310 e. The SMILES string of the molecule is CCCN1CCC(NCc2ccc([N+](=O)[O-])c(F)c2)CC1. The molecule has 5 nitrogen and oxygen atoms in total. The van der Waals surface area contributed by atoms with Crippen molar-refractivity contribution in [3.8, 4) is 0 Å². The highest BCUT2D eigenvalue weighted by Gasteiger charge is 2.18. The Hall–Kier alpha value is -1.53. The number of nitro groups is 1. The Bertz CT molecular complexity index is 488. The Kier molecular flexibility index (Phi) is 5.64. The van der Waals surface area contributed by atoms with Crippen LogP contribution < -0.4 is 5.32 Å². The molecule has 1 aliphatic rings. The van der Waals surface area contributed by atoms with Gasteiger partial charge in [0, 0.05) is 18.7 Å². The van der Waals surface area contributed by atoms with Gasteiger partial charge in [0.25, 0.3) is 0 Å². The second-order valence-corrected chi connectivity index (χ2v) is 5.54. The van der Waals surface area contributed by atoms with E-state index in [1.54, 1.807) is 6.07 Å². The third kappa shape index (κ3) is 4.47. The standard InChI is InChI=1S/C15H22FN3O2/c1-2-7-18-8-5-13(6-9-18)17-11-12-3-4-15(19(20)21)14(16)10-12/h3-4,10,13,17H,2,5-9,11H2,1H3. The van der Waals surface area contributed by atoms with Crippen molar-refractivity contribution in [1.29, 1.82) is 0 Å². The van der Waals surface area contributed by atoms with Crippen molar-refractivity contribution in [2.45, 2.75) is 38.8 Å². The number of benzene rings is 1. The van der Waals surface area contributed by atoms with Crippen LogP contribution in [0.1, 0.15) is 31.7 Å². The number of hydrogen-bond acceptors (Lipinski definition) is 4. The highest BCUT2D eigenvalue weighted by molar-refractivity contribution is 5.34. The zero-order valence-electron chi connectivity index (χ0n) is 12.3. The third-order valence-electron chi connectivity index (χ3n) is 3.93. The number of likely N-dealkylation sites (tertiary alicyclic amines) is 1. The molecule has 1 heterocycles. The molecule has 0 amide bonds. The number of nitro benzene ring substituents is 1. The third-order valence-corrected chi connectivity index (χ3v) is 3.93. The normalized spacial score (nSPS) is 17.0. The molecule has 21 heavy (non-hydrogen) atoms. The molecule has 1 aromatic rings. The Morgan fingerprint density at radius 1 is 1.43 bits per heavy atom. The van der Waals surface area contributed by atoms with Crippen molar-refractivity contribution in [3.05, 3.63) is 39.7 Å². The van der Waals surface area contributed by atoms with Gasteiger partial charge in [-0.3, -0.25) is 10.1 Å². The number of nitrogens with one attached hydrogen (secondary N) is 1. The zero-order chi connectivity index (χ0) is 15.2. The lowest BCUT2D eigenvalue weighted by molar-refractivity contribution is -0.387. The fraction of sp³-hybridized carbons (Fsp3) is 0.600. The summed E-state index contributed by atoms with van der Waals surface area (Å²) in [5.41, 5.74) is 0.278. The molecule has 0 aromatic heterocycles. The zero-order valence-corrected chi connectivity index (χ0v) is 12.3. The highest BCUT2D eigenvalue weighted by Crippen LogP contribution is 2.18. The second-order valence-electron chi connectivity index (χ2n) is 5.54. The number of halogens is 1. The Balaban J connectivity index is 1.81. The van der Waals surface area contributed by atoms with Crippen LogP contribution in [-0.2, 0) is 6.54 Å². The van der Waals surface area contributed by atoms with Crippen LogP contribution in [0.2, 0.25) is 0 Å². The molecule has 1 aromatic carbocycles. The van der Waals surface area contributed by atoms with Gasteiger partial charge >= 0.3 is 5.69 Å². The average Bonchev–Trinajstić information content (AvgIpc) is 2.46. The van der Waals surface area contributed by atoms with E-state index >= 15 is 0 Å². The van der Waals surface area contributed by atoms with Gasteiger partial charge < -0.3 is 10.2 Å². The van der Waals surface area contributed by atoms with Gasteiger partial charge in [0.2, 0.25) is 5.82 Å². The summed E-state index contributed by atoms with van der Waals surface area (Å²) in [4.78, 5) is 12.3. The number of piperidine rings is 1. The maximum absolute atomic E-state index is 13.5. The van der Waals surface area contributed by atoms with E-state index in [2.05, 4.69) is 17.1 Å². The van der Waals surface area contributed by atoms with Gasteiger partial charge in [-0.2, -0.15) is 4.39 Å². The van der Waals surface area contributed by atoms with Crippen LogP contribution in [0.4, 0.5) is 10.1 Å². The first-order chi connectivity index (χ1) is 10.1. The minimum atomic E-state index is -0.767. The van der Waals surface area contributed by atoms with Crippen LogP contribution in [0.3, 0.4) is 0 Å². The Morgan fingerprint density at radius 3 is 2.71 bits per heavy atom. The summed E-state index contributed by atoms with van der Waals surface area (Å²) >= 11 is 0. The summed E-state index contributed by atoms with van der Waals surface area (Å²) < 4.78 is 13.5. The molecule has 0 aliphatic carbocycles. The Morgan fingerprint density at radius 2 is 2.14 bits per heavy atom. The summed E-state index contributed by atoms with van der Waals surface area (Å²) in [6.07, 6.45) is 3.37. The number of rotatable bonds is 6. The van der Waals surface area contributed by atoms with E-state index in [9.17, 15) is 14.5 Å². The predicted molar refractivity (Wildman–Crippen MR) is 79.6 cm³/mol. The first-order valence-electron chi connectivity index (χ1n) is 7.48. The van der Waals surface area contributed by atoms with Crippen LogP contribution in [-0.4, -0.2) is 35.5 Å². The number of nitrogens with zero attached hydrogens (tertiary/aromatic N) is 2. The van der Waals surface area contributed by atoms with Crippen molar-refractivity contribution in [2.75, 3.05) is 19.6 Å². The highest BCUT2D eigenvalue weighted by atomic mass is 19.1. The van der Waals surface area contributed by atoms with Crippen LogP contribution >= 0.6 is 0 Å². The first-order valence-corrected chi connectivity index (χ1v) is 7.48. The van der Waals surface area contributed by atoms with Crippen molar-refractivity contribution < 1.29 is 9.31 Å². The van der Waals surface area contributed by atoms with Crippen LogP contribution in [0.15, 0.2) is 18.2 Å². The monoisotopic (exact) mass is 295 g/mol. The molecule has 0 spiro atoms. The fourth-order valence-corrected chi connectivity index (χ4v) is 2.75. The van der Waals surface area contributed by atoms with Gasteiger partial charge in [0.05, 0.1) is 4.92 Å². The lowest BCUT2D eigenvalue weighted by Crippen LogP contribution is -2.42. The van der Waals surface area contributed by atoms with Crippen LogP contribution in [0, 0.1) is 15.9 Å². The largest absolute Gasteiger partial charge is 0.310 e. The molecule has 0 bridgehead atoms. The van der Waals surface area contributed by atoms with Gasteiger partial charge in [-0.25, -0.2) is 0 Å². The average molecular weight is 295 g/mol. The molecule has 1 fully saturated rings. The quantitative estimate of drug-likeness (QED) is 0.647. The molecule has 0 saturated carbocycles. The van der Waals surface area contributed by atoms with E-state index in [0.29, 0.717) is 12.6 Å². The van der Waals surface area contributed by atoms with Gasteiger partial charge in [-0.15, -0.1) is 0 Å². The van der Waals surface area contributed by atoms with Gasteiger partial charge in [-0.1, -0.05) is 13.0 Å². The summed E-state index contributed by atoms with van der Waals surface area (Å²) in [5.74, 6) is -0.767. The predicted octanol–water partition coefficient (Wildman–Crippen LogP) is 2.70. The van der Waals surface area contributed by atoms with Crippen molar-refractivity contribution >= 4 is 5.69 Å². The van der Waals surface area contributed by atoms with Crippen LogP contribution in [0.5, 0.6) is 0 Å². The van der Waals surface area contributed by atoms with Crippen molar-refractivity contribution in [2.24, 2.45) is 0 Å². The van der Waals surface area contributed by atoms with Gasteiger partial charge in [0.15, 0.2) is 0 Å². The number of hydrogen-bond donors (Lipinski definition) is 1. The van der Waals surface area contributed by atoms with E-state index in [-0.39, 0.29) is 0 Å². The molecule has 116 valence electrons. The molecule has 1 N–H and O–H groups in total. The topological polar surface area (TPSA) is 58.4 Å². The maximum Gasteiger partial charge on any atom is 0.304 e. The molecular formula is C15H22FN3O2. The van der Waals surface area contributed by atoms with Crippen LogP contribution in [0.25, 0.3) is 0 Å². The first kappa shape index (κ1) is 15.9. The van der Waals surface area contributed by atoms with Crippen molar-refractivity contribution in [3.63, 3.8) is 0 Å². The van der Waals surface area contributed by atoms with E-state index in [1.807, 2.05) is 0 Å². The summed E-state index contributed by atoms with van der Waals surface area (Å²) in [5, 5.41) is 14.0. The van der Waals surface area contributed by atoms with E-state index in [1.165, 1.54) is 18.6 Å². The minimum absolute atomic E-state index is 0.441. The lowest BCUT2D eigenvalue weighted by Gasteiger charge is -2.32. The second kappa shape index (κ2) is 7.47. The molecule has 1 aliphatic heterocycles. The van der Waals surface area contributed by atoms with E-state index in [0.717, 1.165) is 38.0 Å². The smallest absolute Gasteiger partial charge is 0.304 e. The van der Waals surface area contributed by atoms with Gasteiger partial charge in [-0.05, 0) is 50.5 Å².